The lowest BCUT2D eigenvalue weighted by molar-refractivity contribution is 0.0951. The molecule has 1 heterocycles. The molecule has 1 saturated heterocycles. The number of hydrogen-bond acceptors (Lipinski definition) is 4. The first-order valence-corrected chi connectivity index (χ1v) is 11.5. The second-order valence-electron chi connectivity index (χ2n) is 7.26. The fourth-order valence-electron chi connectivity index (χ4n) is 3.30. The normalized spacial score (nSPS) is 15.1. The smallest absolute Gasteiger partial charge is 0.251 e. The van der Waals surface area contributed by atoms with Crippen molar-refractivity contribution in [3.8, 4) is 5.75 Å². The molecule has 156 valence electrons. The number of piperidine rings is 1. The molecule has 0 aromatic heterocycles. The summed E-state index contributed by atoms with van der Waals surface area (Å²) in [4.78, 5) is 12.5. The molecule has 1 fully saturated rings. The van der Waals surface area contributed by atoms with E-state index >= 15 is 0 Å². The highest BCUT2D eigenvalue weighted by Gasteiger charge is 2.25. The second-order valence-corrected chi connectivity index (χ2v) is 9.20. The van der Waals surface area contributed by atoms with Crippen molar-refractivity contribution in [3.63, 3.8) is 0 Å². The highest BCUT2D eigenvalue weighted by Crippen LogP contribution is 2.21. The largest absolute Gasteiger partial charge is 0.494 e. The molecule has 1 aliphatic rings. The van der Waals surface area contributed by atoms with Gasteiger partial charge in [0.05, 0.1) is 11.5 Å². The Kier molecular flexibility index (Phi) is 7.28. The zero-order valence-corrected chi connectivity index (χ0v) is 17.6. The van der Waals surface area contributed by atoms with E-state index in [1.807, 2.05) is 31.2 Å². The van der Waals surface area contributed by atoms with Gasteiger partial charge in [0.25, 0.3) is 5.91 Å². The van der Waals surface area contributed by atoms with Crippen molar-refractivity contribution in [2.75, 3.05) is 26.2 Å². The van der Waals surface area contributed by atoms with Crippen LogP contribution in [0.4, 0.5) is 0 Å². The first-order chi connectivity index (χ1) is 14.0. The molecule has 6 nitrogen and oxygen atoms in total. The van der Waals surface area contributed by atoms with E-state index in [0.717, 1.165) is 30.6 Å². The summed E-state index contributed by atoms with van der Waals surface area (Å²) >= 11 is 0. The monoisotopic (exact) mass is 416 g/mol. The van der Waals surface area contributed by atoms with Gasteiger partial charge in [-0.2, -0.15) is 4.31 Å². The van der Waals surface area contributed by atoms with Crippen molar-refractivity contribution in [1.29, 1.82) is 0 Å². The molecule has 0 spiro atoms. The van der Waals surface area contributed by atoms with Gasteiger partial charge in [0.15, 0.2) is 0 Å². The molecule has 0 radical (unpaired) electrons. The fraction of sp³-hybridized carbons (Fsp3) is 0.409. The van der Waals surface area contributed by atoms with Crippen LogP contribution in [0.1, 0.15) is 41.6 Å². The van der Waals surface area contributed by atoms with Gasteiger partial charge in [0, 0.05) is 25.2 Å². The summed E-state index contributed by atoms with van der Waals surface area (Å²) in [5.74, 6) is 0.601. The number of carbonyl (C=O) groups is 1. The average molecular weight is 417 g/mol. The van der Waals surface area contributed by atoms with E-state index < -0.39 is 10.0 Å². The van der Waals surface area contributed by atoms with Crippen LogP contribution in [-0.2, 0) is 10.0 Å². The van der Waals surface area contributed by atoms with Crippen molar-refractivity contribution in [2.45, 2.75) is 37.5 Å². The molecular weight excluding hydrogens is 388 g/mol. The van der Waals surface area contributed by atoms with Crippen LogP contribution in [0.25, 0.3) is 0 Å². The minimum absolute atomic E-state index is 0.220. The Morgan fingerprint density at radius 3 is 2.48 bits per heavy atom. The Bertz CT molecular complexity index is 920. The Hall–Kier alpha value is -2.38. The molecule has 2 aromatic carbocycles. The molecule has 1 amide bonds. The van der Waals surface area contributed by atoms with Gasteiger partial charge < -0.3 is 10.1 Å². The number of carbonyl (C=O) groups excluding carboxylic acids is 1. The van der Waals surface area contributed by atoms with Gasteiger partial charge in [-0.25, -0.2) is 8.42 Å². The number of amides is 1. The quantitative estimate of drug-likeness (QED) is 0.670. The molecule has 7 heteroatoms. The zero-order valence-electron chi connectivity index (χ0n) is 16.8. The maximum atomic E-state index is 12.7. The molecule has 2 aromatic rings. The Morgan fingerprint density at radius 1 is 1.07 bits per heavy atom. The van der Waals surface area contributed by atoms with Gasteiger partial charge in [-0.3, -0.25) is 4.79 Å². The van der Waals surface area contributed by atoms with Gasteiger partial charge in [-0.05, 0) is 68.1 Å². The third-order valence-electron chi connectivity index (χ3n) is 4.93. The third-order valence-corrected chi connectivity index (χ3v) is 6.85. The first-order valence-electron chi connectivity index (χ1n) is 10.0. The maximum absolute atomic E-state index is 12.7. The molecule has 0 unspecified atom stereocenters. The highest BCUT2D eigenvalue weighted by molar-refractivity contribution is 7.89. The van der Waals surface area contributed by atoms with Crippen molar-refractivity contribution in [3.05, 3.63) is 59.7 Å². The number of nitrogens with one attached hydrogen (secondary N) is 1. The molecular formula is C22H28N2O4S. The van der Waals surface area contributed by atoms with Gasteiger partial charge in [0.1, 0.15) is 5.75 Å². The lowest BCUT2D eigenvalue weighted by Gasteiger charge is -2.25. The standard InChI is InChI=1S/C22H28N2O4S/c1-18-7-5-8-20(17-18)28-16-6-13-23-22(25)19-9-11-21(12-10-19)29(26,27)24-14-3-2-4-15-24/h5,7-12,17H,2-4,6,13-16H2,1H3,(H,23,25). The van der Waals surface area contributed by atoms with Crippen molar-refractivity contribution in [1.82, 2.24) is 9.62 Å². The van der Waals surface area contributed by atoms with Crippen molar-refractivity contribution < 1.29 is 17.9 Å². The highest BCUT2D eigenvalue weighted by atomic mass is 32.2. The summed E-state index contributed by atoms with van der Waals surface area (Å²) in [6.45, 7) is 4.13. The predicted octanol–water partition coefficient (Wildman–Crippen LogP) is 3.37. The summed E-state index contributed by atoms with van der Waals surface area (Å²) < 4.78 is 32.5. The number of benzene rings is 2. The zero-order chi connectivity index (χ0) is 20.7. The van der Waals surface area contributed by atoms with Crippen LogP contribution in [0, 0.1) is 6.92 Å². The van der Waals surface area contributed by atoms with E-state index in [1.165, 1.54) is 16.4 Å². The third kappa shape index (κ3) is 5.81. The Balaban J connectivity index is 1.46. The number of hydrogen-bond donors (Lipinski definition) is 1. The van der Waals surface area contributed by atoms with Crippen molar-refractivity contribution >= 4 is 15.9 Å². The van der Waals surface area contributed by atoms with E-state index in [1.54, 1.807) is 12.1 Å². The summed E-state index contributed by atoms with van der Waals surface area (Å²) in [5.41, 5.74) is 1.59. The molecule has 0 saturated carbocycles. The SMILES string of the molecule is Cc1cccc(OCCCNC(=O)c2ccc(S(=O)(=O)N3CCCCC3)cc2)c1. The number of sulfonamides is 1. The van der Waals surface area contributed by atoms with Crippen LogP contribution in [0.3, 0.4) is 0 Å². The predicted molar refractivity (Wildman–Crippen MR) is 113 cm³/mol. The summed E-state index contributed by atoms with van der Waals surface area (Å²) in [5, 5.41) is 2.84. The minimum atomic E-state index is -3.47. The van der Waals surface area contributed by atoms with Gasteiger partial charge in [-0.1, -0.05) is 18.6 Å². The van der Waals surface area contributed by atoms with Gasteiger partial charge in [0.2, 0.25) is 10.0 Å². The van der Waals surface area contributed by atoms with Gasteiger partial charge in [-0.15, -0.1) is 0 Å². The van der Waals surface area contributed by atoms with Crippen LogP contribution in [0.15, 0.2) is 53.4 Å². The van der Waals surface area contributed by atoms with E-state index in [4.69, 9.17) is 4.74 Å². The maximum Gasteiger partial charge on any atom is 0.251 e. The number of nitrogens with zero attached hydrogens (tertiary/aromatic N) is 1. The molecule has 0 aliphatic carbocycles. The number of ether oxygens (including phenoxy) is 1. The van der Waals surface area contributed by atoms with E-state index in [-0.39, 0.29) is 10.8 Å². The topological polar surface area (TPSA) is 75.7 Å². The molecule has 0 bridgehead atoms. The van der Waals surface area contributed by atoms with Crippen LogP contribution in [0.2, 0.25) is 0 Å². The summed E-state index contributed by atoms with van der Waals surface area (Å²) in [6, 6.07) is 14.0. The second kappa shape index (κ2) is 9.89. The molecule has 1 aliphatic heterocycles. The summed E-state index contributed by atoms with van der Waals surface area (Å²) in [6.07, 6.45) is 3.54. The fourth-order valence-corrected chi connectivity index (χ4v) is 4.82. The van der Waals surface area contributed by atoms with Crippen LogP contribution in [-0.4, -0.2) is 44.9 Å². The van der Waals surface area contributed by atoms with Crippen molar-refractivity contribution in [2.24, 2.45) is 0 Å². The number of aryl methyl sites for hydroxylation is 1. The van der Waals surface area contributed by atoms with E-state index in [0.29, 0.717) is 38.2 Å². The first kappa shape index (κ1) is 21.3. The van der Waals surface area contributed by atoms with E-state index in [9.17, 15) is 13.2 Å². The van der Waals surface area contributed by atoms with E-state index in [2.05, 4.69) is 5.32 Å². The minimum Gasteiger partial charge on any atom is -0.494 e. The Morgan fingerprint density at radius 2 is 1.79 bits per heavy atom. The molecule has 3 rings (SSSR count). The van der Waals surface area contributed by atoms with Crippen LogP contribution in [0.5, 0.6) is 5.75 Å². The lowest BCUT2D eigenvalue weighted by atomic mass is 10.2. The average Bonchev–Trinajstić information content (AvgIpc) is 2.74. The molecule has 29 heavy (non-hydrogen) atoms. The van der Waals surface area contributed by atoms with Crippen LogP contribution >= 0.6 is 0 Å². The molecule has 0 atom stereocenters. The molecule has 1 N–H and O–H groups in total. The van der Waals surface area contributed by atoms with Gasteiger partial charge >= 0.3 is 0 Å². The van der Waals surface area contributed by atoms with Crippen LogP contribution < -0.4 is 10.1 Å². The lowest BCUT2D eigenvalue weighted by Crippen LogP contribution is -2.35. The number of rotatable bonds is 8. The Labute approximate surface area is 172 Å². The summed E-state index contributed by atoms with van der Waals surface area (Å²) in [7, 11) is -3.47.